The molecule has 0 unspecified atom stereocenters. The molecule has 1 aromatic carbocycles. The SMILES string of the molecule is Cc1ccc(S(=O)(=O)N2C[C@@H](C)N(C(=O)CCl)[C@@H]2C(C)C)cc1. The number of carbonyl (C=O) groups is 1. The molecular formula is C16H23ClN2O3S. The summed E-state index contributed by atoms with van der Waals surface area (Å²) >= 11 is 5.70. The number of rotatable bonds is 4. The lowest BCUT2D eigenvalue weighted by atomic mass is 10.1. The number of alkyl halides is 1. The fourth-order valence-corrected chi connectivity index (χ4v) is 4.99. The predicted molar refractivity (Wildman–Crippen MR) is 90.7 cm³/mol. The van der Waals surface area contributed by atoms with E-state index in [9.17, 15) is 13.2 Å². The molecule has 128 valence electrons. The summed E-state index contributed by atoms with van der Waals surface area (Å²) in [4.78, 5) is 14.0. The number of aryl methyl sites for hydroxylation is 1. The monoisotopic (exact) mass is 358 g/mol. The Morgan fingerprint density at radius 3 is 2.35 bits per heavy atom. The molecular weight excluding hydrogens is 336 g/mol. The smallest absolute Gasteiger partial charge is 0.244 e. The standard InChI is InChI=1S/C16H23ClN2O3S/c1-11(2)16-18(10-13(4)19(16)15(20)9-17)23(21,22)14-7-5-12(3)6-8-14/h5-8,11,13,16H,9-10H2,1-4H3/t13-,16-/m1/s1. The summed E-state index contributed by atoms with van der Waals surface area (Å²) in [6.07, 6.45) is -0.512. The molecule has 0 aromatic heterocycles. The van der Waals surface area contributed by atoms with Gasteiger partial charge >= 0.3 is 0 Å². The van der Waals surface area contributed by atoms with Gasteiger partial charge < -0.3 is 4.90 Å². The van der Waals surface area contributed by atoms with Crippen molar-refractivity contribution in [2.45, 2.75) is 44.8 Å². The normalized spacial score (nSPS) is 22.8. The zero-order valence-electron chi connectivity index (χ0n) is 13.9. The van der Waals surface area contributed by atoms with Crippen molar-refractivity contribution in [3.8, 4) is 0 Å². The molecule has 0 N–H and O–H groups in total. The summed E-state index contributed by atoms with van der Waals surface area (Å²) in [6, 6.07) is 6.57. The molecule has 1 aliphatic heterocycles. The third-order valence-corrected chi connectivity index (χ3v) is 6.20. The van der Waals surface area contributed by atoms with Crippen molar-refractivity contribution >= 4 is 27.5 Å². The van der Waals surface area contributed by atoms with Crippen molar-refractivity contribution in [1.29, 1.82) is 0 Å². The Balaban J connectivity index is 2.44. The van der Waals surface area contributed by atoms with Gasteiger partial charge in [0.1, 0.15) is 12.0 Å². The Morgan fingerprint density at radius 1 is 1.30 bits per heavy atom. The third-order valence-electron chi connectivity index (χ3n) is 4.13. The van der Waals surface area contributed by atoms with Gasteiger partial charge in [-0.2, -0.15) is 4.31 Å². The van der Waals surface area contributed by atoms with E-state index in [-0.39, 0.29) is 35.2 Å². The summed E-state index contributed by atoms with van der Waals surface area (Å²) in [5.41, 5.74) is 0.998. The number of hydrogen-bond donors (Lipinski definition) is 0. The van der Waals surface area contributed by atoms with E-state index in [4.69, 9.17) is 11.6 Å². The first kappa shape index (κ1) is 18.2. The average Bonchev–Trinajstić information content (AvgIpc) is 2.85. The molecule has 5 nitrogen and oxygen atoms in total. The molecule has 1 aromatic rings. The van der Waals surface area contributed by atoms with Gasteiger partial charge in [0.2, 0.25) is 15.9 Å². The van der Waals surface area contributed by atoms with Crippen LogP contribution in [0.4, 0.5) is 0 Å². The van der Waals surface area contributed by atoms with Gasteiger partial charge in [-0.3, -0.25) is 4.79 Å². The molecule has 1 amide bonds. The van der Waals surface area contributed by atoms with E-state index in [1.807, 2.05) is 27.7 Å². The van der Waals surface area contributed by atoms with Gasteiger partial charge in [0.05, 0.1) is 4.90 Å². The second-order valence-corrected chi connectivity index (χ2v) is 8.49. The van der Waals surface area contributed by atoms with Crippen LogP contribution in [-0.2, 0) is 14.8 Å². The Labute approximate surface area is 143 Å². The maximum Gasteiger partial charge on any atom is 0.244 e. The molecule has 0 radical (unpaired) electrons. The zero-order valence-corrected chi connectivity index (χ0v) is 15.4. The minimum atomic E-state index is -3.66. The second kappa shape index (κ2) is 6.79. The Hall–Kier alpha value is -1.11. The van der Waals surface area contributed by atoms with Crippen molar-refractivity contribution < 1.29 is 13.2 Å². The fourth-order valence-electron chi connectivity index (χ4n) is 3.06. The van der Waals surface area contributed by atoms with E-state index in [0.717, 1.165) is 5.56 Å². The van der Waals surface area contributed by atoms with E-state index in [2.05, 4.69) is 0 Å². The van der Waals surface area contributed by atoms with Crippen LogP contribution in [0.2, 0.25) is 0 Å². The van der Waals surface area contributed by atoms with Gasteiger partial charge in [-0.1, -0.05) is 31.5 Å². The molecule has 1 aliphatic rings. The number of benzene rings is 1. The number of carbonyl (C=O) groups excluding carboxylic acids is 1. The van der Waals surface area contributed by atoms with Crippen molar-refractivity contribution in [3.05, 3.63) is 29.8 Å². The molecule has 0 aliphatic carbocycles. The number of sulfonamides is 1. The number of amides is 1. The van der Waals surface area contributed by atoms with E-state index < -0.39 is 16.2 Å². The van der Waals surface area contributed by atoms with Gasteiger partial charge in [0, 0.05) is 12.6 Å². The van der Waals surface area contributed by atoms with Crippen LogP contribution in [-0.4, -0.2) is 48.2 Å². The minimum absolute atomic E-state index is 0.0349. The molecule has 1 fully saturated rings. The van der Waals surface area contributed by atoms with Gasteiger partial charge in [0.25, 0.3) is 0 Å². The summed E-state index contributed by atoms with van der Waals surface area (Å²) in [7, 11) is -3.66. The Kier molecular flexibility index (Phi) is 5.38. The highest BCUT2D eigenvalue weighted by Gasteiger charge is 2.47. The third kappa shape index (κ3) is 3.39. The van der Waals surface area contributed by atoms with Crippen LogP contribution in [0.3, 0.4) is 0 Å². The zero-order chi connectivity index (χ0) is 17.4. The van der Waals surface area contributed by atoms with E-state index in [1.54, 1.807) is 29.2 Å². The van der Waals surface area contributed by atoms with Crippen LogP contribution in [0.25, 0.3) is 0 Å². The maximum atomic E-state index is 13.0. The predicted octanol–water partition coefficient (Wildman–Crippen LogP) is 2.44. The molecule has 1 saturated heterocycles. The number of halogens is 1. The first-order valence-electron chi connectivity index (χ1n) is 7.65. The summed E-state index contributed by atoms with van der Waals surface area (Å²) in [5, 5.41) is 0. The van der Waals surface area contributed by atoms with Gasteiger partial charge in [-0.15, -0.1) is 11.6 Å². The van der Waals surface area contributed by atoms with Gasteiger partial charge in [-0.05, 0) is 31.9 Å². The highest BCUT2D eigenvalue weighted by atomic mass is 35.5. The minimum Gasteiger partial charge on any atom is -0.321 e. The van der Waals surface area contributed by atoms with Crippen molar-refractivity contribution in [3.63, 3.8) is 0 Å². The Bertz CT molecular complexity index is 673. The maximum absolute atomic E-state index is 13.0. The van der Waals surface area contributed by atoms with E-state index in [1.165, 1.54) is 4.31 Å². The van der Waals surface area contributed by atoms with Crippen LogP contribution in [0.15, 0.2) is 29.2 Å². The van der Waals surface area contributed by atoms with Crippen LogP contribution in [0.5, 0.6) is 0 Å². The number of nitrogens with zero attached hydrogens (tertiary/aromatic N) is 2. The average molecular weight is 359 g/mol. The van der Waals surface area contributed by atoms with Crippen LogP contribution >= 0.6 is 11.6 Å². The van der Waals surface area contributed by atoms with Crippen LogP contribution in [0, 0.1) is 12.8 Å². The molecule has 0 spiro atoms. The Morgan fingerprint density at radius 2 is 1.87 bits per heavy atom. The summed E-state index contributed by atoms with van der Waals surface area (Å²) in [6.45, 7) is 7.86. The first-order valence-corrected chi connectivity index (χ1v) is 9.63. The molecule has 2 rings (SSSR count). The quantitative estimate of drug-likeness (QED) is 0.777. The fraction of sp³-hybridized carbons (Fsp3) is 0.562. The van der Waals surface area contributed by atoms with E-state index in [0.29, 0.717) is 0 Å². The molecule has 23 heavy (non-hydrogen) atoms. The van der Waals surface area contributed by atoms with Crippen molar-refractivity contribution in [2.24, 2.45) is 5.92 Å². The topological polar surface area (TPSA) is 57.7 Å². The molecule has 0 saturated carbocycles. The van der Waals surface area contributed by atoms with Crippen LogP contribution < -0.4 is 0 Å². The lowest BCUT2D eigenvalue weighted by Gasteiger charge is -2.33. The second-order valence-electron chi connectivity index (χ2n) is 6.33. The molecule has 1 heterocycles. The largest absolute Gasteiger partial charge is 0.321 e. The summed E-state index contributed by atoms with van der Waals surface area (Å²) in [5.74, 6) is -0.418. The highest BCUT2D eigenvalue weighted by Crippen LogP contribution is 2.32. The summed E-state index contributed by atoms with van der Waals surface area (Å²) < 4.78 is 27.5. The van der Waals surface area contributed by atoms with Gasteiger partial charge in [-0.25, -0.2) is 8.42 Å². The first-order chi connectivity index (χ1) is 10.7. The number of hydrogen-bond acceptors (Lipinski definition) is 3. The molecule has 2 atom stereocenters. The van der Waals surface area contributed by atoms with E-state index >= 15 is 0 Å². The van der Waals surface area contributed by atoms with Crippen LogP contribution in [0.1, 0.15) is 26.3 Å². The highest BCUT2D eigenvalue weighted by molar-refractivity contribution is 7.89. The molecule has 0 bridgehead atoms. The lowest BCUT2D eigenvalue weighted by Crippen LogP contribution is -2.49. The van der Waals surface area contributed by atoms with Crippen molar-refractivity contribution in [1.82, 2.24) is 9.21 Å². The molecule has 7 heteroatoms. The van der Waals surface area contributed by atoms with Crippen molar-refractivity contribution in [2.75, 3.05) is 12.4 Å². The van der Waals surface area contributed by atoms with Gasteiger partial charge in [0.15, 0.2) is 0 Å². The lowest BCUT2D eigenvalue weighted by molar-refractivity contribution is -0.132.